The molecule has 0 amide bonds. The number of carbonyl (C=O) groups excluding carboxylic acids is 1. The highest BCUT2D eigenvalue weighted by atomic mass is 32.2. The molecule has 0 aliphatic carbocycles. The minimum Gasteiger partial charge on any atom is -0.295 e. The Labute approximate surface area is 90.1 Å². The van der Waals surface area contributed by atoms with Crippen LogP contribution in [0.1, 0.15) is 45.4 Å². The maximum atomic E-state index is 12.3. The summed E-state index contributed by atoms with van der Waals surface area (Å²) in [6.07, 6.45) is 7.72. The summed E-state index contributed by atoms with van der Waals surface area (Å²) < 4.78 is 12.3. The molecular formula is C11H19FOS. The van der Waals surface area contributed by atoms with Crippen molar-refractivity contribution in [1.29, 1.82) is 0 Å². The van der Waals surface area contributed by atoms with Crippen LogP contribution in [0.3, 0.4) is 0 Å². The van der Waals surface area contributed by atoms with Crippen molar-refractivity contribution in [3.05, 3.63) is 11.2 Å². The topological polar surface area (TPSA) is 17.1 Å². The monoisotopic (exact) mass is 218 g/mol. The summed E-state index contributed by atoms with van der Waals surface area (Å²) >= 11 is 1.38. The zero-order chi connectivity index (χ0) is 10.6. The Morgan fingerprint density at radius 3 is 2.50 bits per heavy atom. The first-order valence-corrected chi connectivity index (χ1v) is 6.28. The normalized spacial score (nSPS) is 11.7. The van der Waals surface area contributed by atoms with E-state index in [1.54, 1.807) is 0 Å². The second kappa shape index (κ2) is 10.8. The fourth-order valence-corrected chi connectivity index (χ4v) is 1.84. The molecule has 0 radical (unpaired) electrons. The van der Waals surface area contributed by atoms with Crippen LogP contribution in [0.15, 0.2) is 11.2 Å². The van der Waals surface area contributed by atoms with E-state index in [4.69, 9.17) is 0 Å². The Hall–Kier alpha value is -0.310. The lowest BCUT2D eigenvalue weighted by molar-refractivity contribution is -0.106. The molecule has 82 valence electrons. The minimum atomic E-state index is -0.666. The van der Waals surface area contributed by atoms with Crippen LogP contribution in [0.2, 0.25) is 0 Å². The highest BCUT2D eigenvalue weighted by molar-refractivity contribution is 8.02. The van der Waals surface area contributed by atoms with Gasteiger partial charge in [0.05, 0.1) is 0 Å². The molecule has 0 heterocycles. The van der Waals surface area contributed by atoms with Crippen molar-refractivity contribution in [2.45, 2.75) is 45.4 Å². The van der Waals surface area contributed by atoms with E-state index in [9.17, 15) is 9.18 Å². The van der Waals surface area contributed by atoms with Gasteiger partial charge in [-0.15, -0.1) is 11.8 Å². The van der Waals surface area contributed by atoms with E-state index in [0.717, 1.165) is 12.2 Å². The molecule has 1 nitrogen and oxygen atoms in total. The molecule has 14 heavy (non-hydrogen) atoms. The van der Waals surface area contributed by atoms with Gasteiger partial charge in [0.1, 0.15) is 0 Å². The molecule has 0 spiro atoms. The molecule has 0 aromatic carbocycles. The molecule has 0 aliphatic heterocycles. The SMILES string of the molecule is CCCCCCCCS/C=C(\F)C=O. The molecule has 0 fully saturated rings. The van der Waals surface area contributed by atoms with Crippen molar-refractivity contribution in [3.8, 4) is 0 Å². The number of hydrogen-bond acceptors (Lipinski definition) is 2. The van der Waals surface area contributed by atoms with Crippen LogP contribution >= 0.6 is 11.8 Å². The van der Waals surface area contributed by atoms with E-state index < -0.39 is 5.83 Å². The standard InChI is InChI=1S/C11H19FOS/c1-2-3-4-5-6-7-8-14-10-11(12)9-13/h9-10H,2-8H2,1H3/b11-10-. The molecule has 0 atom stereocenters. The van der Waals surface area contributed by atoms with Gasteiger partial charge in [-0.05, 0) is 12.2 Å². The number of aldehydes is 1. The smallest absolute Gasteiger partial charge is 0.178 e. The lowest BCUT2D eigenvalue weighted by atomic mass is 10.1. The molecule has 0 aliphatic rings. The maximum absolute atomic E-state index is 12.3. The van der Waals surface area contributed by atoms with Crippen LogP contribution in [0.4, 0.5) is 4.39 Å². The molecular weight excluding hydrogens is 199 g/mol. The van der Waals surface area contributed by atoms with Crippen LogP contribution in [0.25, 0.3) is 0 Å². The summed E-state index contributed by atoms with van der Waals surface area (Å²) in [5.41, 5.74) is 0. The van der Waals surface area contributed by atoms with E-state index in [1.807, 2.05) is 0 Å². The van der Waals surface area contributed by atoms with Gasteiger partial charge in [-0.25, -0.2) is 4.39 Å². The Balaban J connectivity index is 3.10. The first kappa shape index (κ1) is 13.7. The molecule has 0 rings (SSSR count). The largest absolute Gasteiger partial charge is 0.295 e. The van der Waals surface area contributed by atoms with Crippen LogP contribution < -0.4 is 0 Å². The van der Waals surface area contributed by atoms with Crippen LogP contribution in [-0.2, 0) is 4.79 Å². The van der Waals surface area contributed by atoms with Gasteiger partial charge in [0.15, 0.2) is 12.1 Å². The van der Waals surface area contributed by atoms with Gasteiger partial charge < -0.3 is 0 Å². The van der Waals surface area contributed by atoms with E-state index >= 15 is 0 Å². The number of halogens is 1. The molecule has 0 saturated heterocycles. The Morgan fingerprint density at radius 1 is 1.21 bits per heavy atom. The van der Waals surface area contributed by atoms with Crippen LogP contribution in [0, 0.1) is 0 Å². The summed E-state index contributed by atoms with van der Waals surface area (Å²) in [4.78, 5) is 9.89. The summed E-state index contributed by atoms with van der Waals surface area (Å²) in [7, 11) is 0. The lowest BCUT2D eigenvalue weighted by Gasteiger charge is -1.98. The first-order chi connectivity index (χ1) is 6.81. The molecule has 0 N–H and O–H groups in total. The summed E-state index contributed by atoms with van der Waals surface area (Å²) in [6, 6.07) is 0. The lowest BCUT2D eigenvalue weighted by Crippen LogP contribution is -1.81. The fourth-order valence-electron chi connectivity index (χ4n) is 1.13. The number of allylic oxidation sites excluding steroid dienone is 1. The van der Waals surface area contributed by atoms with Crippen molar-refractivity contribution in [2.75, 3.05) is 5.75 Å². The number of unbranched alkanes of at least 4 members (excludes halogenated alkanes) is 5. The number of rotatable bonds is 9. The fraction of sp³-hybridized carbons (Fsp3) is 0.727. The quantitative estimate of drug-likeness (QED) is 0.329. The van der Waals surface area contributed by atoms with E-state index in [-0.39, 0.29) is 6.29 Å². The third-order valence-electron chi connectivity index (χ3n) is 1.92. The predicted octanol–water partition coefficient (Wildman–Crippen LogP) is 4.09. The molecule has 0 aromatic rings. The second-order valence-electron chi connectivity index (χ2n) is 3.26. The molecule has 3 heteroatoms. The third kappa shape index (κ3) is 9.78. The van der Waals surface area contributed by atoms with Gasteiger partial charge >= 0.3 is 0 Å². The van der Waals surface area contributed by atoms with Crippen molar-refractivity contribution < 1.29 is 9.18 Å². The minimum absolute atomic E-state index is 0.244. The first-order valence-electron chi connectivity index (χ1n) is 5.23. The van der Waals surface area contributed by atoms with Gasteiger partial charge in [0.2, 0.25) is 0 Å². The van der Waals surface area contributed by atoms with Crippen molar-refractivity contribution in [3.63, 3.8) is 0 Å². The van der Waals surface area contributed by atoms with Crippen molar-refractivity contribution in [2.24, 2.45) is 0 Å². The maximum Gasteiger partial charge on any atom is 0.178 e. The van der Waals surface area contributed by atoms with E-state index in [2.05, 4.69) is 6.92 Å². The van der Waals surface area contributed by atoms with Gasteiger partial charge in [-0.2, -0.15) is 0 Å². The Morgan fingerprint density at radius 2 is 1.86 bits per heavy atom. The highest BCUT2D eigenvalue weighted by Crippen LogP contribution is 2.12. The van der Waals surface area contributed by atoms with Gasteiger partial charge in [0.25, 0.3) is 0 Å². The second-order valence-corrected chi connectivity index (χ2v) is 4.24. The van der Waals surface area contributed by atoms with Gasteiger partial charge in [-0.3, -0.25) is 4.79 Å². The average Bonchev–Trinajstić information content (AvgIpc) is 2.21. The summed E-state index contributed by atoms with van der Waals surface area (Å²) in [6.45, 7) is 2.20. The molecule has 0 saturated carbocycles. The highest BCUT2D eigenvalue weighted by Gasteiger charge is 1.92. The number of hydrogen-bond donors (Lipinski definition) is 0. The Kier molecular flexibility index (Phi) is 10.5. The summed E-state index contributed by atoms with van der Waals surface area (Å²) in [5, 5.41) is 1.29. The number of thioether (sulfide) groups is 1. The van der Waals surface area contributed by atoms with Crippen LogP contribution in [0.5, 0.6) is 0 Å². The van der Waals surface area contributed by atoms with Gasteiger partial charge in [-0.1, -0.05) is 39.0 Å². The van der Waals surface area contributed by atoms with Gasteiger partial charge in [0, 0.05) is 5.41 Å². The number of carbonyl (C=O) groups is 1. The predicted molar refractivity (Wildman–Crippen MR) is 61.1 cm³/mol. The zero-order valence-corrected chi connectivity index (χ0v) is 9.62. The summed E-state index contributed by atoms with van der Waals surface area (Å²) in [5.74, 6) is 0.244. The molecule has 0 unspecified atom stereocenters. The molecule has 0 bridgehead atoms. The van der Waals surface area contributed by atoms with E-state index in [1.165, 1.54) is 49.3 Å². The zero-order valence-electron chi connectivity index (χ0n) is 8.80. The average molecular weight is 218 g/mol. The third-order valence-corrected chi connectivity index (χ3v) is 2.84. The van der Waals surface area contributed by atoms with Crippen molar-refractivity contribution >= 4 is 18.0 Å². The van der Waals surface area contributed by atoms with E-state index in [0.29, 0.717) is 0 Å². The molecule has 0 aromatic heterocycles. The Bertz CT molecular complexity index is 169. The van der Waals surface area contributed by atoms with Crippen molar-refractivity contribution in [1.82, 2.24) is 0 Å². The van der Waals surface area contributed by atoms with Crippen LogP contribution in [-0.4, -0.2) is 12.0 Å².